The summed E-state index contributed by atoms with van der Waals surface area (Å²) < 4.78 is 83.8. The number of nitrogens with one attached hydrogen (secondary N) is 3. The molecule has 0 aliphatic carbocycles. The number of aliphatic carboxylic acids is 1. The Morgan fingerprint density at radius 2 is 1.48 bits per heavy atom. The van der Waals surface area contributed by atoms with E-state index in [1.165, 1.54) is 43.8 Å². The topological polar surface area (TPSA) is 180 Å². The fourth-order valence-corrected chi connectivity index (χ4v) is 4.84. The van der Waals surface area contributed by atoms with Crippen LogP contribution in [0.3, 0.4) is 0 Å². The highest BCUT2D eigenvalue weighted by atomic mass is 35.5. The highest BCUT2D eigenvalue weighted by Gasteiger charge is 2.38. The van der Waals surface area contributed by atoms with Gasteiger partial charge in [-0.2, -0.15) is 13.2 Å². The Morgan fingerprint density at radius 1 is 0.900 bits per heavy atom. The van der Waals surface area contributed by atoms with Gasteiger partial charge in [0.05, 0.1) is 25.2 Å². The molecule has 0 saturated heterocycles. The lowest BCUT2D eigenvalue weighted by Gasteiger charge is -2.22. The number of halogens is 4. The van der Waals surface area contributed by atoms with Crippen LogP contribution in [0.1, 0.15) is 20.8 Å². The molecule has 0 saturated carbocycles. The van der Waals surface area contributed by atoms with E-state index in [0.717, 1.165) is 0 Å². The van der Waals surface area contributed by atoms with E-state index in [9.17, 15) is 30.0 Å². The summed E-state index contributed by atoms with van der Waals surface area (Å²) in [7, 11) is -6.36. The molecule has 0 aliphatic rings. The van der Waals surface area contributed by atoms with Gasteiger partial charge in [0.1, 0.15) is 23.8 Å². The number of benzene rings is 1. The molecule has 1 aromatic carbocycles. The SMILES string of the molecule is CNS(=O)(=O)c1ccc(S(=O)(=O)C(C)(C)C)c(Nc2cc(Nc3ccc(Cl)cn3)ncn2)c1.O=C(O)C(F)(F)F. The maximum absolute atomic E-state index is 13.2. The van der Waals surface area contributed by atoms with E-state index >= 15 is 0 Å². The Labute approximate surface area is 233 Å². The first-order valence-electron chi connectivity index (χ1n) is 10.9. The summed E-state index contributed by atoms with van der Waals surface area (Å²) in [6, 6.07) is 8.62. The van der Waals surface area contributed by atoms with Crippen molar-refractivity contribution in [1.29, 1.82) is 0 Å². The fraction of sp³-hybridized carbons (Fsp3) is 0.273. The van der Waals surface area contributed by atoms with Gasteiger partial charge in [0.25, 0.3) is 0 Å². The summed E-state index contributed by atoms with van der Waals surface area (Å²) in [5.74, 6) is -1.65. The molecular formula is C22H24ClF3N6O6S2. The highest BCUT2D eigenvalue weighted by molar-refractivity contribution is 7.93. The third-order valence-corrected chi connectivity index (χ3v) is 8.96. The molecule has 0 unspecified atom stereocenters. The smallest absolute Gasteiger partial charge is 0.475 e. The number of nitrogens with zero attached hydrogens (tertiary/aromatic N) is 3. The third kappa shape index (κ3) is 8.48. The zero-order valence-corrected chi connectivity index (χ0v) is 23.7. The Hall–Kier alpha value is -3.54. The van der Waals surface area contributed by atoms with Gasteiger partial charge in [-0.25, -0.2) is 41.3 Å². The normalized spacial score (nSPS) is 12.2. The van der Waals surface area contributed by atoms with E-state index in [0.29, 0.717) is 16.7 Å². The molecule has 0 bridgehead atoms. The predicted molar refractivity (Wildman–Crippen MR) is 141 cm³/mol. The quantitative estimate of drug-likeness (QED) is 0.297. The van der Waals surface area contributed by atoms with Gasteiger partial charge in [0, 0.05) is 12.3 Å². The van der Waals surface area contributed by atoms with Crippen LogP contribution in [0.2, 0.25) is 5.02 Å². The number of carboxylic acid groups (broad SMARTS) is 1. The second kappa shape index (κ2) is 12.3. The Morgan fingerprint density at radius 3 is 1.95 bits per heavy atom. The van der Waals surface area contributed by atoms with Gasteiger partial charge in [0.15, 0.2) is 9.84 Å². The number of sulfone groups is 1. The molecule has 2 aromatic heterocycles. The predicted octanol–water partition coefficient (Wildman–Crippen LogP) is 4.13. The van der Waals surface area contributed by atoms with Crippen molar-refractivity contribution in [3.63, 3.8) is 0 Å². The van der Waals surface area contributed by atoms with Gasteiger partial charge in [-0.3, -0.25) is 0 Å². The molecule has 2 heterocycles. The van der Waals surface area contributed by atoms with E-state index in [-0.39, 0.29) is 21.3 Å². The van der Waals surface area contributed by atoms with Crippen LogP contribution in [0.15, 0.2) is 58.7 Å². The molecule has 0 radical (unpaired) electrons. The molecule has 0 amide bonds. The van der Waals surface area contributed by atoms with Crippen LogP contribution < -0.4 is 15.4 Å². The van der Waals surface area contributed by atoms with E-state index in [2.05, 4.69) is 30.3 Å². The molecular weight excluding hydrogens is 601 g/mol. The third-order valence-electron chi connectivity index (χ3n) is 4.78. The zero-order chi connectivity index (χ0) is 30.5. The number of anilines is 4. The number of carbonyl (C=O) groups is 1. The average molecular weight is 625 g/mol. The van der Waals surface area contributed by atoms with Gasteiger partial charge in [-0.1, -0.05) is 11.6 Å². The largest absolute Gasteiger partial charge is 0.490 e. The van der Waals surface area contributed by atoms with Crippen LogP contribution in [0, 0.1) is 0 Å². The van der Waals surface area contributed by atoms with E-state index in [1.54, 1.807) is 32.9 Å². The molecule has 12 nitrogen and oxygen atoms in total. The summed E-state index contributed by atoms with van der Waals surface area (Å²) in [5, 5.41) is 13.5. The Balaban J connectivity index is 0.000000708. The van der Waals surface area contributed by atoms with Crippen molar-refractivity contribution in [1.82, 2.24) is 19.7 Å². The summed E-state index contributed by atoms with van der Waals surface area (Å²) in [6.07, 6.45) is -2.34. The molecule has 40 heavy (non-hydrogen) atoms. The molecule has 18 heteroatoms. The standard InChI is InChI=1S/C20H23ClN6O4S2.C2HF3O2/c1-20(2,3)32(28,29)16-7-6-14(33(30,31)22-4)9-15(16)26-18-10-19(25-12-24-18)27-17-8-5-13(21)11-23-17;3-2(4,5)1(6)7/h5-12,22H,1-4H3,(H2,23,24,25,26,27);(H,6,7). The van der Waals surface area contributed by atoms with Crippen molar-refractivity contribution in [2.45, 2.75) is 41.5 Å². The molecule has 3 aromatic rings. The Bertz CT molecular complexity index is 1580. The van der Waals surface area contributed by atoms with Gasteiger partial charge in [-0.05, 0) is 58.2 Å². The van der Waals surface area contributed by atoms with Gasteiger partial charge in [0.2, 0.25) is 10.0 Å². The van der Waals surface area contributed by atoms with Crippen molar-refractivity contribution < 1.29 is 39.9 Å². The maximum atomic E-state index is 13.2. The number of hydrogen-bond acceptors (Lipinski definition) is 10. The number of rotatable bonds is 7. The Kier molecular flexibility index (Phi) is 10.1. The van der Waals surface area contributed by atoms with Crippen LogP contribution in [0.25, 0.3) is 0 Å². The van der Waals surface area contributed by atoms with Crippen LogP contribution in [-0.2, 0) is 24.7 Å². The zero-order valence-electron chi connectivity index (χ0n) is 21.3. The average Bonchev–Trinajstić information content (AvgIpc) is 2.84. The summed E-state index contributed by atoms with van der Waals surface area (Å²) >= 11 is 5.85. The number of sulfonamides is 1. The summed E-state index contributed by atoms with van der Waals surface area (Å²) in [5.41, 5.74) is 0.0653. The lowest BCUT2D eigenvalue weighted by atomic mass is 10.3. The molecule has 0 atom stereocenters. The molecule has 218 valence electrons. The number of pyridine rings is 1. The number of hydrogen-bond donors (Lipinski definition) is 4. The summed E-state index contributed by atoms with van der Waals surface area (Å²) in [6.45, 7) is 4.70. The van der Waals surface area contributed by atoms with Crippen LogP contribution >= 0.6 is 11.6 Å². The number of carboxylic acids is 1. The molecule has 4 N–H and O–H groups in total. The molecule has 0 aliphatic heterocycles. The molecule has 0 fully saturated rings. The van der Waals surface area contributed by atoms with Crippen molar-refractivity contribution in [2.24, 2.45) is 0 Å². The van der Waals surface area contributed by atoms with Crippen molar-refractivity contribution in [3.8, 4) is 0 Å². The van der Waals surface area contributed by atoms with Crippen molar-refractivity contribution in [2.75, 3.05) is 17.7 Å². The fourth-order valence-electron chi connectivity index (χ4n) is 2.67. The van der Waals surface area contributed by atoms with Gasteiger partial charge < -0.3 is 15.7 Å². The number of alkyl halides is 3. The number of aromatic nitrogens is 3. The minimum absolute atomic E-state index is 0.0578. The summed E-state index contributed by atoms with van der Waals surface area (Å²) in [4.78, 5) is 21.1. The monoisotopic (exact) mass is 624 g/mol. The molecule has 0 spiro atoms. The lowest BCUT2D eigenvalue weighted by Crippen LogP contribution is -2.28. The second-order valence-corrected chi connectivity index (χ2v) is 13.7. The highest BCUT2D eigenvalue weighted by Crippen LogP contribution is 2.34. The van der Waals surface area contributed by atoms with Crippen molar-refractivity contribution >= 4 is 60.6 Å². The van der Waals surface area contributed by atoms with E-state index in [4.69, 9.17) is 21.5 Å². The maximum Gasteiger partial charge on any atom is 0.490 e. The van der Waals surface area contributed by atoms with Crippen molar-refractivity contribution in [3.05, 3.63) is 53.9 Å². The first-order valence-corrected chi connectivity index (χ1v) is 14.2. The minimum Gasteiger partial charge on any atom is -0.475 e. The molecule has 3 rings (SSSR count). The lowest BCUT2D eigenvalue weighted by molar-refractivity contribution is -0.192. The minimum atomic E-state index is -5.08. The van der Waals surface area contributed by atoms with Gasteiger partial charge in [-0.15, -0.1) is 0 Å². The van der Waals surface area contributed by atoms with Gasteiger partial charge >= 0.3 is 12.1 Å². The van der Waals surface area contributed by atoms with E-state index < -0.39 is 36.8 Å². The van der Waals surface area contributed by atoms with Crippen LogP contribution in [0.4, 0.5) is 36.3 Å². The van der Waals surface area contributed by atoms with E-state index in [1.807, 2.05) is 0 Å². The van der Waals surface area contributed by atoms with Crippen LogP contribution in [-0.4, -0.2) is 60.8 Å². The van der Waals surface area contributed by atoms with Crippen LogP contribution in [0.5, 0.6) is 0 Å². The second-order valence-electron chi connectivity index (χ2n) is 8.68. The first-order chi connectivity index (χ1) is 18.3. The first kappa shape index (κ1) is 32.7.